The monoisotopic (exact) mass is 373 g/mol. The van der Waals surface area contributed by atoms with Crippen molar-refractivity contribution in [3.63, 3.8) is 0 Å². The summed E-state index contributed by atoms with van der Waals surface area (Å²) >= 11 is 0. The Kier molecular flexibility index (Phi) is 5.05. The van der Waals surface area contributed by atoms with Crippen LogP contribution in [0.5, 0.6) is 0 Å². The first-order chi connectivity index (χ1) is 13.8. The summed E-state index contributed by atoms with van der Waals surface area (Å²) in [5.41, 5.74) is 3.28. The van der Waals surface area contributed by atoms with Crippen LogP contribution in [0.15, 0.2) is 65.8 Å². The SMILES string of the molecule is CCOC(=O)C1C=NN(c2nnc(-c3ccccc3)c(-c3ccccc3)n2)C1. The van der Waals surface area contributed by atoms with Gasteiger partial charge in [0.25, 0.3) is 5.95 Å². The standard InChI is InChI=1S/C21H19N5O2/c1-2-28-20(27)17-13-22-26(14-17)21-23-18(15-9-5-3-6-10-15)19(24-25-21)16-11-7-4-8-12-16/h3-13,17H,2,14H2,1H3. The molecule has 0 saturated heterocycles. The maximum absolute atomic E-state index is 12.0. The second-order valence-corrected chi connectivity index (χ2v) is 6.25. The molecule has 0 radical (unpaired) electrons. The van der Waals surface area contributed by atoms with Gasteiger partial charge in [-0.15, -0.1) is 10.2 Å². The highest BCUT2D eigenvalue weighted by Gasteiger charge is 2.28. The molecular weight excluding hydrogens is 354 g/mol. The van der Waals surface area contributed by atoms with Crippen molar-refractivity contribution in [2.24, 2.45) is 11.0 Å². The molecule has 4 rings (SSSR count). The number of nitrogens with zero attached hydrogens (tertiary/aromatic N) is 5. The highest BCUT2D eigenvalue weighted by atomic mass is 16.5. The van der Waals surface area contributed by atoms with Gasteiger partial charge in [-0.2, -0.15) is 5.10 Å². The van der Waals surface area contributed by atoms with Crippen molar-refractivity contribution >= 4 is 18.1 Å². The van der Waals surface area contributed by atoms with Crippen LogP contribution < -0.4 is 5.01 Å². The molecule has 0 spiro atoms. The van der Waals surface area contributed by atoms with Gasteiger partial charge < -0.3 is 4.74 Å². The van der Waals surface area contributed by atoms with Crippen molar-refractivity contribution in [2.75, 3.05) is 18.2 Å². The number of hydrogen-bond acceptors (Lipinski definition) is 7. The molecule has 2 heterocycles. The first kappa shape index (κ1) is 17.8. The van der Waals surface area contributed by atoms with E-state index < -0.39 is 5.92 Å². The minimum absolute atomic E-state index is 0.300. The van der Waals surface area contributed by atoms with Crippen molar-refractivity contribution in [3.05, 3.63) is 60.7 Å². The summed E-state index contributed by atoms with van der Waals surface area (Å²) in [4.78, 5) is 16.7. The number of hydrogen-bond donors (Lipinski definition) is 0. The second kappa shape index (κ2) is 7.96. The van der Waals surface area contributed by atoms with E-state index in [-0.39, 0.29) is 5.97 Å². The number of hydrazone groups is 1. The molecule has 1 atom stereocenters. The Hall–Kier alpha value is -3.61. The second-order valence-electron chi connectivity index (χ2n) is 6.25. The fourth-order valence-corrected chi connectivity index (χ4v) is 2.97. The molecule has 0 fully saturated rings. The Balaban J connectivity index is 1.70. The molecule has 140 valence electrons. The molecule has 1 aromatic heterocycles. The highest BCUT2D eigenvalue weighted by Crippen LogP contribution is 2.30. The van der Waals surface area contributed by atoms with E-state index in [0.717, 1.165) is 11.1 Å². The Labute approximate surface area is 162 Å². The lowest BCUT2D eigenvalue weighted by Gasteiger charge is -2.15. The topological polar surface area (TPSA) is 80.6 Å². The van der Waals surface area contributed by atoms with Crippen LogP contribution >= 0.6 is 0 Å². The molecule has 2 aromatic carbocycles. The third-order valence-corrected chi connectivity index (χ3v) is 4.35. The van der Waals surface area contributed by atoms with Crippen LogP contribution in [0.4, 0.5) is 5.95 Å². The van der Waals surface area contributed by atoms with Gasteiger partial charge in [-0.1, -0.05) is 60.7 Å². The molecule has 7 nitrogen and oxygen atoms in total. The van der Waals surface area contributed by atoms with E-state index in [1.165, 1.54) is 0 Å². The van der Waals surface area contributed by atoms with Gasteiger partial charge in [-0.05, 0) is 6.92 Å². The van der Waals surface area contributed by atoms with E-state index in [9.17, 15) is 4.79 Å². The van der Waals surface area contributed by atoms with Crippen LogP contribution in [0.25, 0.3) is 22.5 Å². The van der Waals surface area contributed by atoms with Crippen molar-refractivity contribution < 1.29 is 9.53 Å². The fraction of sp³-hybridized carbons (Fsp3) is 0.190. The van der Waals surface area contributed by atoms with E-state index in [0.29, 0.717) is 30.5 Å². The molecule has 0 bridgehead atoms. The van der Waals surface area contributed by atoms with E-state index in [1.54, 1.807) is 18.1 Å². The third kappa shape index (κ3) is 3.59. The van der Waals surface area contributed by atoms with Crippen molar-refractivity contribution in [1.82, 2.24) is 15.2 Å². The van der Waals surface area contributed by atoms with Crippen molar-refractivity contribution in [1.29, 1.82) is 0 Å². The average molecular weight is 373 g/mol. The number of carbonyl (C=O) groups excluding carboxylic acids is 1. The van der Waals surface area contributed by atoms with Gasteiger partial charge in [-0.25, -0.2) is 9.99 Å². The lowest BCUT2D eigenvalue weighted by molar-refractivity contribution is -0.144. The molecule has 7 heteroatoms. The van der Waals surface area contributed by atoms with Gasteiger partial charge in [0.05, 0.1) is 13.2 Å². The first-order valence-corrected chi connectivity index (χ1v) is 9.10. The number of benzene rings is 2. The van der Waals surface area contributed by atoms with E-state index in [4.69, 9.17) is 9.72 Å². The lowest BCUT2D eigenvalue weighted by atomic mass is 10.0. The molecule has 3 aromatic rings. The fourth-order valence-electron chi connectivity index (χ4n) is 2.97. The molecule has 0 amide bonds. The summed E-state index contributed by atoms with van der Waals surface area (Å²) in [6.45, 7) is 2.45. The van der Waals surface area contributed by atoms with Gasteiger partial charge in [0.2, 0.25) is 0 Å². The molecule has 1 unspecified atom stereocenters. The number of esters is 1. The van der Waals surface area contributed by atoms with E-state index in [1.807, 2.05) is 60.7 Å². The number of carbonyl (C=O) groups is 1. The van der Waals surface area contributed by atoms with Crippen LogP contribution in [0.1, 0.15) is 6.92 Å². The normalized spacial score (nSPS) is 15.6. The Morgan fingerprint density at radius 3 is 2.29 bits per heavy atom. The average Bonchev–Trinajstić information content (AvgIpc) is 3.25. The van der Waals surface area contributed by atoms with Crippen LogP contribution in [0, 0.1) is 5.92 Å². The molecule has 1 aliphatic heterocycles. The minimum atomic E-state index is -0.433. The third-order valence-electron chi connectivity index (χ3n) is 4.35. The van der Waals surface area contributed by atoms with Crippen LogP contribution in [0.2, 0.25) is 0 Å². The van der Waals surface area contributed by atoms with Gasteiger partial charge >= 0.3 is 5.97 Å². The Morgan fingerprint density at radius 2 is 1.64 bits per heavy atom. The molecule has 0 N–H and O–H groups in total. The largest absolute Gasteiger partial charge is 0.465 e. The first-order valence-electron chi connectivity index (χ1n) is 9.10. The molecule has 28 heavy (non-hydrogen) atoms. The van der Waals surface area contributed by atoms with Gasteiger partial charge in [0.15, 0.2) is 0 Å². The summed E-state index contributed by atoms with van der Waals surface area (Å²) in [6.07, 6.45) is 1.56. The van der Waals surface area contributed by atoms with Gasteiger partial charge in [-0.3, -0.25) is 4.79 Å². The zero-order valence-electron chi connectivity index (χ0n) is 15.4. The Morgan fingerprint density at radius 1 is 1.00 bits per heavy atom. The number of anilines is 1. The predicted molar refractivity (Wildman–Crippen MR) is 107 cm³/mol. The summed E-state index contributed by atoms with van der Waals surface area (Å²) in [5.74, 6) is -0.384. The zero-order chi connectivity index (χ0) is 19.3. The summed E-state index contributed by atoms with van der Waals surface area (Å²) in [5, 5.41) is 14.5. The Bertz CT molecular complexity index is 992. The van der Waals surface area contributed by atoms with Crippen molar-refractivity contribution in [2.45, 2.75) is 6.92 Å². The number of rotatable bonds is 5. The quantitative estimate of drug-likeness (QED) is 0.639. The van der Waals surface area contributed by atoms with Gasteiger partial charge in [0, 0.05) is 17.3 Å². The predicted octanol–water partition coefficient (Wildman–Crippen LogP) is 3.19. The maximum Gasteiger partial charge on any atom is 0.316 e. The van der Waals surface area contributed by atoms with Crippen LogP contribution in [-0.4, -0.2) is 40.5 Å². The number of aromatic nitrogens is 3. The maximum atomic E-state index is 12.0. The summed E-state index contributed by atoms with van der Waals surface area (Å²) in [6, 6.07) is 19.6. The lowest BCUT2D eigenvalue weighted by Crippen LogP contribution is -2.26. The van der Waals surface area contributed by atoms with Crippen LogP contribution in [-0.2, 0) is 9.53 Å². The molecule has 1 aliphatic rings. The molecular formula is C21H19N5O2. The smallest absolute Gasteiger partial charge is 0.316 e. The summed E-state index contributed by atoms with van der Waals surface area (Å²) in [7, 11) is 0. The molecule has 0 aliphatic carbocycles. The van der Waals surface area contributed by atoms with E-state index >= 15 is 0 Å². The number of ether oxygens (including phenoxy) is 1. The summed E-state index contributed by atoms with van der Waals surface area (Å²) < 4.78 is 5.07. The van der Waals surface area contributed by atoms with Gasteiger partial charge in [0.1, 0.15) is 17.3 Å². The molecule has 0 saturated carbocycles. The van der Waals surface area contributed by atoms with Crippen molar-refractivity contribution in [3.8, 4) is 22.5 Å². The zero-order valence-corrected chi connectivity index (χ0v) is 15.4. The van der Waals surface area contributed by atoms with Crippen LogP contribution in [0.3, 0.4) is 0 Å². The highest BCUT2D eigenvalue weighted by molar-refractivity contribution is 5.92. The minimum Gasteiger partial charge on any atom is -0.465 e. The van der Waals surface area contributed by atoms with E-state index in [2.05, 4.69) is 15.3 Å².